The Balaban J connectivity index is 1.67. The lowest BCUT2D eigenvalue weighted by Crippen LogP contribution is -2.52. The van der Waals surface area contributed by atoms with Gasteiger partial charge in [0.25, 0.3) is 5.91 Å². The summed E-state index contributed by atoms with van der Waals surface area (Å²) in [5, 5.41) is 10.5. The van der Waals surface area contributed by atoms with Gasteiger partial charge in [-0.2, -0.15) is 0 Å². The van der Waals surface area contributed by atoms with E-state index in [2.05, 4.69) is 36.6 Å². The topological polar surface area (TPSA) is 64.7 Å². The fourth-order valence-electron chi connectivity index (χ4n) is 3.12. The van der Waals surface area contributed by atoms with Crippen molar-refractivity contribution in [2.75, 3.05) is 30.5 Å². The number of rotatable bonds is 5. The molecular weight excluding hydrogens is 476 g/mol. The molecule has 2 amide bonds. The fraction of sp³-hybridized carbons (Fsp3) is 0.400. The summed E-state index contributed by atoms with van der Waals surface area (Å²) < 4.78 is 0.860. The van der Waals surface area contributed by atoms with E-state index < -0.39 is 5.54 Å². The number of nitrogens with zero attached hydrogens (tertiary/aromatic N) is 2. The lowest BCUT2D eigenvalue weighted by atomic mass is 10.0. The van der Waals surface area contributed by atoms with Gasteiger partial charge in [0.2, 0.25) is 5.91 Å². The van der Waals surface area contributed by atoms with Crippen LogP contribution in [-0.2, 0) is 4.79 Å². The molecule has 0 bridgehead atoms. The molecule has 1 aromatic heterocycles. The molecule has 2 heterocycles. The van der Waals surface area contributed by atoms with Gasteiger partial charge in [0.05, 0.1) is 19.4 Å². The predicted molar refractivity (Wildman–Crippen MR) is 123 cm³/mol. The smallest absolute Gasteiger partial charge is 0.262 e. The van der Waals surface area contributed by atoms with Crippen LogP contribution in [0.1, 0.15) is 36.4 Å². The van der Waals surface area contributed by atoms with E-state index in [1.54, 1.807) is 32.0 Å². The number of nitrogens with one attached hydrogen (secondary N) is 2. The second-order valence-electron chi connectivity index (χ2n) is 7.51. The number of carbonyl (C=O) groups excluding carboxylic acids is 2. The Morgan fingerprint density at radius 2 is 1.90 bits per heavy atom. The Labute approximate surface area is 188 Å². The first-order valence-corrected chi connectivity index (χ1v) is 11.3. The first kappa shape index (κ1) is 22.1. The quantitative estimate of drug-likeness (QED) is 0.623. The third-order valence-corrected chi connectivity index (χ3v) is 6.71. The molecule has 0 aliphatic carbocycles. The molecule has 156 valence electrons. The highest BCUT2D eigenvalue weighted by Crippen LogP contribution is 2.31. The Morgan fingerprint density at radius 3 is 2.52 bits per heavy atom. The summed E-state index contributed by atoms with van der Waals surface area (Å²) in [6.45, 7) is 5.24. The second kappa shape index (κ2) is 9.04. The van der Waals surface area contributed by atoms with Gasteiger partial charge in [-0.25, -0.2) is 5.01 Å². The van der Waals surface area contributed by atoms with E-state index in [1.807, 2.05) is 19.2 Å². The number of benzene rings is 1. The Hall–Kier alpha value is -1.61. The minimum Gasteiger partial charge on any atom is -0.337 e. The molecule has 0 saturated carbocycles. The molecule has 2 N–H and O–H groups in total. The van der Waals surface area contributed by atoms with Crippen LogP contribution in [0.2, 0.25) is 5.02 Å². The molecule has 0 unspecified atom stereocenters. The normalized spacial score (nSPS) is 15.3. The van der Waals surface area contributed by atoms with Gasteiger partial charge in [0, 0.05) is 25.8 Å². The van der Waals surface area contributed by atoms with Gasteiger partial charge in [-0.15, -0.1) is 11.3 Å². The van der Waals surface area contributed by atoms with Crippen LogP contribution < -0.4 is 15.6 Å². The van der Waals surface area contributed by atoms with E-state index >= 15 is 0 Å². The van der Waals surface area contributed by atoms with E-state index in [0.29, 0.717) is 15.6 Å². The molecule has 1 aliphatic heterocycles. The average Bonchev–Trinajstić information content (AvgIpc) is 3.09. The van der Waals surface area contributed by atoms with Crippen LogP contribution in [0.4, 0.5) is 11.4 Å². The van der Waals surface area contributed by atoms with Crippen LogP contribution >= 0.6 is 38.9 Å². The standard InChI is InChI=1S/C20H24BrClN4O2S/c1-20(2,24-18(27)16-8-9-17(21)29-16)19(28)23-13-6-7-15(14(22)12-13)26-11-5-4-10-25(26)3/h6-9,12H,4-5,10-11H2,1-3H3,(H,23,28)(H,24,27). The van der Waals surface area contributed by atoms with Crippen molar-refractivity contribution in [1.29, 1.82) is 0 Å². The Kier molecular flexibility index (Phi) is 6.88. The molecule has 29 heavy (non-hydrogen) atoms. The predicted octanol–water partition coefficient (Wildman–Crippen LogP) is 4.76. The Bertz CT molecular complexity index is 918. The molecule has 3 rings (SSSR count). The van der Waals surface area contributed by atoms with Crippen LogP contribution in [0, 0.1) is 0 Å². The van der Waals surface area contributed by atoms with Gasteiger partial charge >= 0.3 is 0 Å². The third kappa shape index (κ3) is 5.31. The molecule has 1 aromatic carbocycles. The summed E-state index contributed by atoms with van der Waals surface area (Å²) in [5.41, 5.74) is 0.415. The maximum atomic E-state index is 12.8. The van der Waals surface area contributed by atoms with Gasteiger partial charge in [0.1, 0.15) is 5.54 Å². The van der Waals surface area contributed by atoms with Gasteiger partial charge in [-0.05, 0) is 73.0 Å². The molecule has 1 aliphatic rings. The largest absolute Gasteiger partial charge is 0.337 e. The molecule has 9 heteroatoms. The van der Waals surface area contributed by atoms with Crippen LogP contribution in [0.5, 0.6) is 0 Å². The van der Waals surface area contributed by atoms with Crippen molar-refractivity contribution in [3.05, 3.63) is 44.0 Å². The van der Waals surface area contributed by atoms with Crippen molar-refractivity contribution < 1.29 is 9.59 Å². The number of hydrogen-bond donors (Lipinski definition) is 2. The van der Waals surface area contributed by atoms with E-state index in [0.717, 1.165) is 29.0 Å². The summed E-state index contributed by atoms with van der Waals surface area (Å²) >= 11 is 11.2. The summed E-state index contributed by atoms with van der Waals surface area (Å²) in [4.78, 5) is 25.7. The average molecular weight is 500 g/mol. The van der Waals surface area contributed by atoms with E-state index in [4.69, 9.17) is 11.6 Å². The molecule has 0 atom stereocenters. The monoisotopic (exact) mass is 498 g/mol. The fourth-order valence-corrected chi connectivity index (χ4v) is 4.68. The third-order valence-electron chi connectivity index (χ3n) is 4.79. The summed E-state index contributed by atoms with van der Waals surface area (Å²) in [7, 11) is 2.04. The minimum absolute atomic E-state index is 0.289. The summed E-state index contributed by atoms with van der Waals surface area (Å²) in [6.07, 6.45) is 2.29. The SMILES string of the molecule is CN1CCCCN1c1ccc(NC(=O)C(C)(C)NC(=O)c2ccc(Br)s2)cc1Cl. The van der Waals surface area contributed by atoms with E-state index in [9.17, 15) is 9.59 Å². The van der Waals surface area contributed by atoms with E-state index in [1.165, 1.54) is 17.8 Å². The number of hydrazine groups is 1. The highest BCUT2D eigenvalue weighted by Gasteiger charge is 2.30. The highest BCUT2D eigenvalue weighted by molar-refractivity contribution is 9.11. The number of anilines is 2. The van der Waals surface area contributed by atoms with Crippen LogP contribution in [0.25, 0.3) is 0 Å². The van der Waals surface area contributed by atoms with Gasteiger partial charge < -0.3 is 15.6 Å². The van der Waals surface area contributed by atoms with E-state index in [-0.39, 0.29) is 11.8 Å². The molecular formula is C20H24BrClN4O2S. The van der Waals surface area contributed by atoms with Gasteiger partial charge in [0.15, 0.2) is 0 Å². The molecule has 6 nitrogen and oxygen atoms in total. The summed E-state index contributed by atoms with van der Waals surface area (Å²) in [6, 6.07) is 9.00. The van der Waals surface area contributed by atoms with Crippen LogP contribution in [0.15, 0.2) is 34.1 Å². The Morgan fingerprint density at radius 1 is 1.17 bits per heavy atom. The maximum absolute atomic E-state index is 12.8. The van der Waals surface area contributed by atoms with Crippen molar-refractivity contribution in [3.8, 4) is 0 Å². The molecule has 1 fully saturated rings. The lowest BCUT2D eigenvalue weighted by molar-refractivity contribution is -0.120. The lowest BCUT2D eigenvalue weighted by Gasteiger charge is -2.38. The van der Waals surface area contributed by atoms with Crippen molar-refractivity contribution in [2.45, 2.75) is 32.2 Å². The second-order valence-corrected chi connectivity index (χ2v) is 10.4. The maximum Gasteiger partial charge on any atom is 0.262 e. The molecule has 0 radical (unpaired) electrons. The number of halogens is 2. The molecule has 0 spiro atoms. The van der Waals surface area contributed by atoms with Crippen LogP contribution in [0.3, 0.4) is 0 Å². The zero-order chi connectivity index (χ0) is 21.2. The summed E-state index contributed by atoms with van der Waals surface area (Å²) in [5.74, 6) is -0.609. The van der Waals surface area contributed by atoms with Crippen molar-refractivity contribution in [3.63, 3.8) is 0 Å². The number of hydrogen-bond acceptors (Lipinski definition) is 5. The van der Waals surface area contributed by atoms with Crippen molar-refractivity contribution in [2.24, 2.45) is 0 Å². The zero-order valence-electron chi connectivity index (χ0n) is 16.6. The van der Waals surface area contributed by atoms with Crippen molar-refractivity contribution in [1.82, 2.24) is 10.3 Å². The van der Waals surface area contributed by atoms with Gasteiger partial charge in [-0.1, -0.05) is 11.6 Å². The van der Waals surface area contributed by atoms with Crippen LogP contribution in [-0.4, -0.2) is 42.5 Å². The molecule has 1 saturated heterocycles. The first-order chi connectivity index (χ1) is 13.7. The van der Waals surface area contributed by atoms with Gasteiger partial charge in [-0.3, -0.25) is 9.59 Å². The number of amides is 2. The highest BCUT2D eigenvalue weighted by atomic mass is 79.9. The van der Waals surface area contributed by atoms with Crippen molar-refractivity contribution >= 4 is 62.1 Å². The number of thiophene rings is 1. The molecule has 2 aromatic rings. The zero-order valence-corrected chi connectivity index (χ0v) is 19.7. The number of carbonyl (C=O) groups is 2. The first-order valence-electron chi connectivity index (χ1n) is 9.35. The minimum atomic E-state index is -1.09.